The van der Waals surface area contributed by atoms with Gasteiger partial charge in [0.05, 0.1) is 11.1 Å². The number of benzene rings is 9. The maximum absolute atomic E-state index is 6.73. The summed E-state index contributed by atoms with van der Waals surface area (Å²) in [6.45, 7) is 0. The molecule has 55 heavy (non-hydrogen) atoms. The minimum atomic E-state index is -0.554. The highest BCUT2D eigenvalue weighted by atomic mass is 16.3. The summed E-state index contributed by atoms with van der Waals surface area (Å²) in [5.74, 6) is 0. The average Bonchev–Trinajstić information content (AvgIpc) is 3.79. The molecule has 258 valence electrons. The van der Waals surface area contributed by atoms with Crippen molar-refractivity contribution in [1.29, 1.82) is 0 Å². The molecular weight excluding hydrogens is 667 g/mol. The zero-order chi connectivity index (χ0) is 36.3. The van der Waals surface area contributed by atoms with E-state index in [4.69, 9.17) is 4.42 Å². The smallest absolute Gasteiger partial charge is 0.159 e. The lowest BCUT2D eigenvalue weighted by molar-refractivity contribution is 0.669. The molecule has 0 bridgehead atoms. The lowest BCUT2D eigenvalue weighted by Crippen LogP contribution is -2.28. The third-order valence-electron chi connectivity index (χ3n) is 11.5. The number of hydrogen-bond donors (Lipinski definition) is 0. The van der Waals surface area contributed by atoms with Crippen LogP contribution in [0.2, 0.25) is 0 Å². The van der Waals surface area contributed by atoms with Crippen LogP contribution in [0.4, 0.5) is 17.1 Å². The molecular formula is C53H35NO. The van der Waals surface area contributed by atoms with Crippen molar-refractivity contribution < 1.29 is 4.42 Å². The van der Waals surface area contributed by atoms with Gasteiger partial charge in [-0.15, -0.1) is 0 Å². The highest BCUT2D eigenvalue weighted by Crippen LogP contribution is 2.59. The van der Waals surface area contributed by atoms with Crippen LogP contribution in [0.5, 0.6) is 0 Å². The SMILES string of the molecule is c1ccc(-c2ccc(N(c3ccc4c(c3)C(c3ccccc3)(c3ccccc3)c3ccc5ccccc5c3-4)c3cccc4c3oc3ccccc34)cc2)cc1. The van der Waals surface area contributed by atoms with Gasteiger partial charge < -0.3 is 9.32 Å². The Morgan fingerprint density at radius 1 is 0.400 bits per heavy atom. The monoisotopic (exact) mass is 701 g/mol. The Bertz CT molecular complexity index is 2980. The van der Waals surface area contributed by atoms with Crippen molar-refractivity contribution >= 4 is 49.8 Å². The fraction of sp³-hybridized carbons (Fsp3) is 0.0189. The first-order chi connectivity index (χ1) is 27.3. The third-order valence-corrected chi connectivity index (χ3v) is 11.5. The van der Waals surface area contributed by atoms with E-state index in [1.165, 1.54) is 55.3 Å². The number of anilines is 3. The summed E-state index contributed by atoms with van der Waals surface area (Å²) >= 11 is 0. The standard InChI is InChI=1S/C53H35NO/c1-4-15-36(16-5-1)37-27-30-41(31-28-37)54(49-25-14-24-45-44-23-12-13-26-50(44)55-52(45)49)42-32-33-46-48(35-42)53(39-18-6-2-7-19-39,40-20-8-3-9-21-40)47-34-29-38-17-10-11-22-43(38)51(46)47/h1-35H. The van der Waals surface area contributed by atoms with E-state index in [1.807, 2.05) is 6.07 Å². The zero-order valence-corrected chi connectivity index (χ0v) is 30.1. The highest BCUT2D eigenvalue weighted by Gasteiger charge is 2.47. The van der Waals surface area contributed by atoms with Crippen molar-refractivity contribution in [1.82, 2.24) is 0 Å². The molecule has 0 spiro atoms. The van der Waals surface area contributed by atoms with E-state index in [2.05, 4.69) is 211 Å². The minimum absolute atomic E-state index is 0.554. The number of rotatable bonds is 6. The molecule has 9 aromatic carbocycles. The van der Waals surface area contributed by atoms with E-state index < -0.39 is 5.41 Å². The van der Waals surface area contributed by atoms with Gasteiger partial charge in [0.2, 0.25) is 0 Å². The van der Waals surface area contributed by atoms with Crippen LogP contribution in [0, 0.1) is 0 Å². The normalized spacial score (nSPS) is 12.9. The first-order valence-corrected chi connectivity index (χ1v) is 18.9. The predicted octanol–water partition coefficient (Wildman–Crippen LogP) is 14.2. The third kappa shape index (κ3) is 4.75. The molecule has 0 amide bonds. The minimum Gasteiger partial charge on any atom is -0.454 e. The maximum Gasteiger partial charge on any atom is 0.159 e. The molecule has 0 radical (unpaired) electrons. The molecule has 0 saturated carbocycles. The van der Waals surface area contributed by atoms with Crippen LogP contribution in [0.3, 0.4) is 0 Å². The molecule has 0 atom stereocenters. The Balaban J connectivity index is 1.21. The highest BCUT2D eigenvalue weighted by molar-refractivity contribution is 6.11. The van der Waals surface area contributed by atoms with Gasteiger partial charge in [-0.05, 0) is 91.7 Å². The summed E-state index contributed by atoms with van der Waals surface area (Å²) in [7, 11) is 0. The van der Waals surface area contributed by atoms with Gasteiger partial charge in [0.15, 0.2) is 5.58 Å². The van der Waals surface area contributed by atoms with Crippen LogP contribution < -0.4 is 4.90 Å². The molecule has 0 fully saturated rings. The van der Waals surface area contributed by atoms with Gasteiger partial charge in [0, 0.05) is 22.1 Å². The van der Waals surface area contributed by atoms with Crippen LogP contribution in [0.25, 0.3) is 55.0 Å². The fourth-order valence-electron chi connectivity index (χ4n) is 9.15. The average molecular weight is 702 g/mol. The summed E-state index contributed by atoms with van der Waals surface area (Å²) < 4.78 is 6.73. The predicted molar refractivity (Wildman–Crippen MR) is 229 cm³/mol. The topological polar surface area (TPSA) is 16.4 Å². The molecule has 1 heterocycles. The van der Waals surface area contributed by atoms with E-state index in [0.29, 0.717) is 0 Å². The Hall–Kier alpha value is -7.16. The largest absolute Gasteiger partial charge is 0.454 e. The Labute approximate surface area is 320 Å². The summed E-state index contributed by atoms with van der Waals surface area (Å²) in [5, 5.41) is 4.72. The number of fused-ring (bicyclic) bond motifs is 8. The van der Waals surface area contributed by atoms with Crippen molar-refractivity contribution in [3.05, 3.63) is 235 Å². The van der Waals surface area contributed by atoms with Crippen LogP contribution in [-0.2, 0) is 5.41 Å². The van der Waals surface area contributed by atoms with Gasteiger partial charge in [-0.1, -0.05) is 176 Å². The Morgan fingerprint density at radius 3 is 1.75 bits per heavy atom. The van der Waals surface area contributed by atoms with Crippen molar-refractivity contribution in [2.24, 2.45) is 0 Å². The first kappa shape index (κ1) is 31.4. The van der Waals surface area contributed by atoms with Crippen molar-refractivity contribution in [3.63, 3.8) is 0 Å². The van der Waals surface area contributed by atoms with Crippen molar-refractivity contribution in [3.8, 4) is 22.3 Å². The number of para-hydroxylation sites is 2. The van der Waals surface area contributed by atoms with E-state index >= 15 is 0 Å². The second kappa shape index (κ2) is 12.5. The molecule has 2 heteroatoms. The zero-order valence-electron chi connectivity index (χ0n) is 30.1. The molecule has 0 N–H and O–H groups in total. The van der Waals surface area contributed by atoms with Crippen LogP contribution in [-0.4, -0.2) is 0 Å². The molecule has 1 aliphatic rings. The molecule has 11 rings (SSSR count). The van der Waals surface area contributed by atoms with Crippen molar-refractivity contribution in [2.75, 3.05) is 4.90 Å². The van der Waals surface area contributed by atoms with Crippen LogP contribution in [0.1, 0.15) is 22.3 Å². The quantitative estimate of drug-likeness (QED) is 0.172. The second-order valence-electron chi connectivity index (χ2n) is 14.4. The van der Waals surface area contributed by atoms with Gasteiger partial charge in [-0.2, -0.15) is 0 Å². The maximum atomic E-state index is 6.73. The molecule has 2 nitrogen and oxygen atoms in total. The lowest BCUT2D eigenvalue weighted by atomic mass is 9.67. The van der Waals surface area contributed by atoms with Gasteiger partial charge in [0.25, 0.3) is 0 Å². The second-order valence-corrected chi connectivity index (χ2v) is 14.4. The number of furan rings is 1. The number of hydrogen-bond acceptors (Lipinski definition) is 2. The van der Waals surface area contributed by atoms with E-state index in [9.17, 15) is 0 Å². The Kier molecular flexibility index (Phi) is 7.11. The Morgan fingerprint density at radius 2 is 1.00 bits per heavy atom. The molecule has 0 aliphatic heterocycles. The van der Waals surface area contributed by atoms with Gasteiger partial charge in [-0.25, -0.2) is 0 Å². The van der Waals surface area contributed by atoms with Gasteiger partial charge >= 0.3 is 0 Å². The molecule has 10 aromatic rings. The van der Waals surface area contributed by atoms with Crippen LogP contribution in [0.15, 0.2) is 217 Å². The van der Waals surface area contributed by atoms with E-state index in [0.717, 1.165) is 39.0 Å². The molecule has 1 aromatic heterocycles. The summed E-state index contributed by atoms with van der Waals surface area (Å²) in [6, 6.07) is 77.0. The molecule has 0 unspecified atom stereocenters. The summed E-state index contributed by atoms with van der Waals surface area (Å²) in [6.07, 6.45) is 0. The first-order valence-electron chi connectivity index (χ1n) is 18.9. The van der Waals surface area contributed by atoms with E-state index in [-0.39, 0.29) is 0 Å². The molecule has 1 aliphatic carbocycles. The molecule has 0 saturated heterocycles. The van der Waals surface area contributed by atoms with Gasteiger partial charge in [-0.3, -0.25) is 0 Å². The fourth-order valence-corrected chi connectivity index (χ4v) is 9.15. The van der Waals surface area contributed by atoms with Gasteiger partial charge in [0.1, 0.15) is 5.58 Å². The van der Waals surface area contributed by atoms with Crippen molar-refractivity contribution in [2.45, 2.75) is 5.41 Å². The lowest BCUT2D eigenvalue weighted by Gasteiger charge is -2.35. The number of nitrogens with zero attached hydrogens (tertiary/aromatic N) is 1. The van der Waals surface area contributed by atoms with Crippen LogP contribution >= 0.6 is 0 Å². The summed E-state index contributed by atoms with van der Waals surface area (Å²) in [4.78, 5) is 2.38. The van der Waals surface area contributed by atoms with E-state index in [1.54, 1.807) is 0 Å². The summed E-state index contributed by atoms with van der Waals surface area (Å²) in [5.41, 5.74) is 14.3.